The summed E-state index contributed by atoms with van der Waals surface area (Å²) in [4.78, 5) is 27.5. The summed E-state index contributed by atoms with van der Waals surface area (Å²) in [6.45, 7) is 2.52. The Bertz CT molecular complexity index is 829. The van der Waals surface area contributed by atoms with Gasteiger partial charge in [-0.05, 0) is 60.8 Å². The van der Waals surface area contributed by atoms with Gasteiger partial charge in [0.1, 0.15) is 12.4 Å². The molecule has 0 radical (unpaired) electrons. The number of rotatable bonds is 6. The Morgan fingerprint density at radius 1 is 1.08 bits per heavy atom. The standard InChI is InChI=1S/C20H19NO3S2/c1-14-3-7-16(8-4-14)24-12-11-21-19(22)18(26-20(21)23)13-15-5-9-17(25-2)10-6-15/h3-10,13H,11-12H2,1-2H3/b18-13-. The first-order valence-corrected chi connectivity index (χ1v) is 10.2. The van der Waals surface area contributed by atoms with Crippen molar-refractivity contribution in [2.24, 2.45) is 0 Å². The second-order valence-electron chi connectivity index (χ2n) is 5.77. The van der Waals surface area contributed by atoms with Gasteiger partial charge in [-0.2, -0.15) is 0 Å². The Morgan fingerprint density at radius 2 is 1.77 bits per heavy atom. The Kier molecular flexibility index (Phi) is 6.06. The molecule has 134 valence electrons. The number of hydrogen-bond acceptors (Lipinski definition) is 5. The van der Waals surface area contributed by atoms with Gasteiger partial charge in [-0.3, -0.25) is 14.5 Å². The molecule has 0 N–H and O–H groups in total. The van der Waals surface area contributed by atoms with Gasteiger partial charge in [0.15, 0.2) is 0 Å². The predicted molar refractivity (Wildman–Crippen MR) is 108 cm³/mol. The summed E-state index contributed by atoms with van der Waals surface area (Å²) in [5.74, 6) is 0.466. The average molecular weight is 386 g/mol. The van der Waals surface area contributed by atoms with E-state index >= 15 is 0 Å². The Morgan fingerprint density at radius 3 is 2.42 bits per heavy atom. The lowest BCUT2D eigenvalue weighted by molar-refractivity contribution is -0.123. The van der Waals surface area contributed by atoms with E-state index in [1.807, 2.05) is 61.7 Å². The number of benzene rings is 2. The third-order valence-corrected chi connectivity index (χ3v) is 5.54. The lowest BCUT2D eigenvalue weighted by atomic mass is 10.2. The highest BCUT2D eigenvalue weighted by Crippen LogP contribution is 2.32. The first kappa shape index (κ1) is 18.6. The van der Waals surface area contributed by atoms with Crippen LogP contribution >= 0.6 is 23.5 Å². The van der Waals surface area contributed by atoms with Crippen molar-refractivity contribution in [3.63, 3.8) is 0 Å². The van der Waals surface area contributed by atoms with Crippen LogP contribution in [0.2, 0.25) is 0 Å². The molecule has 0 aliphatic carbocycles. The summed E-state index contributed by atoms with van der Waals surface area (Å²) in [7, 11) is 0. The highest BCUT2D eigenvalue weighted by atomic mass is 32.2. The second-order valence-corrected chi connectivity index (χ2v) is 7.64. The maximum absolute atomic E-state index is 12.5. The van der Waals surface area contributed by atoms with Crippen LogP contribution in [0.1, 0.15) is 11.1 Å². The summed E-state index contributed by atoms with van der Waals surface area (Å²) < 4.78 is 5.62. The van der Waals surface area contributed by atoms with Gasteiger partial charge >= 0.3 is 0 Å². The number of hydrogen-bond donors (Lipinski definition) is 0. The van der Waals surface area contributed by atoms with Crippen molar-refractivity contribution in [2.45, 2.75) is 11.8 Å². The molecule has 1 saturated heterocycles. The maximum Gasteiger partial charge on any atom is 0.293 e. The number of carbonyl (C=O) groups is 2. The zero-order chi connectivity index (χ0) is 18.5. The van der Waals surface area contributed by atoms with Crippen molar-refractivity contribution in [1.82, 2.24) is 4.90 Å². The van der Waals surface area contributed by atoms with Gasteiger partial charge in [0.05, 0.1) is 11.4 Å². The van der Waals surface area contributed by atoms with E-state index in [9.17, 15) is 9.59 Å². The van der Waals surface area contributed by atoms with Crippen LogP contribution in [-0.4, -0.2) is 35.5 Å². The molecule has 0 unspecified atom stereocenters. The molecule has 0 atom stereocenters. The molecular formula is C20H19NO3S2. The van der Waals surface area contributed by atoms with E-state index < -0.39 is 0 Å². The van der Waals surface area contributed by atoms with Gasteiger partial charge in [0.2, 0.25) is 0 Å². The number of ether oxygens (including phenoxy) is 1. The molecule has 2 amide bonds. The summed E-state index contributed by atoms with van der Waals surface area (Å²) in [5, 5.41) is -0.255. The third kappa shape index (κ3) is 4.51. The van der Waals surface area contributed by atoms with Crippen molar-refractivity contribution in [2.75, 3.05) is 19.4 Å². The van der Waals surface area contributed by atoms with Crippen LogP contribution in [0.3, 0.4) is 0 Å². The van der Waals surface area contributed by atoms with Crippen LogP contribution in [0.25, 0.3) is 6.08 Å². The van der Waals surface area contributed by atoms with E-state index in [-0.39, 0.29) is 24.3 Å². The summed E-state index contributed by atoms with van der Waals surface area (Å²) in [5.41, 5.74) is 2.06. The van der Waals surface area contributed by atoms with E-state index in [4.69, 9.17) is 4.74 Å². The highest BCUT2D eigenvalue weighted by Gasteiger charge is 2.34. The normalized spacial score (nSPS) is 15.8. The monoisotopic (exact) mass is 385 g/mol. The van der Waals surface area contributed by atoms with E-state index in [1.165, 1.54) is 4.90 Å². The average Bonchev–Trinajstić information content (AvgIpc) is 2.91. The van der Waals surface area contributed by atoms with E-state index in [2.05, 4.69) is 0 Å². The summed E-state index contributed by atoms with van der Waals surface area (Å²) in [6, 6.07) is 15.6. The fraction of sp³-hybridized carbons (Fsp3) is 0.200. The lowest BCUT2D eigenvalue weighted by Crippen LogP contribution is -2.32. The van der Waals surface area contributed by atoms with Gasteiger partial charge < -0.3 is 4.74 Å². The van der Waals surface area contributed by atoms with Crippen LogP contribution in [-0.2, 0) is 4.79 Å². The SMILES string of the molecule is CSc1ccc(/C=C2\SC(=O)N(CCOc3ccc(C)cc3)C2=O)cc1. The molecule has 1 fully saturated rings. The third-order valence-electron chi connectivity index (χ3n) is 3.89. The van der Waals surface area contributed by atoms with Crippen LogP contribution in [0.15, 0.2) is 58.3 Å². The minimum absolute atomic E-state index is 0.237. The molecule has 0 bridgehead atoms. The number of aryl methyl sites for hydroxylation is 1. The van der Waals surface area contributed by atoms with Crippen LogP contribution < -0.4 is 4.74 Å². The van der Waals surface area contributed by atoms with Crippen molar-refractivity contribution in [1.29, 1.82) is 0 Å². The molecule has 26 heavy (non-hydrogen) atoms. The molecular weight excluding hydrogens is 366 g/mol. The lowest BCUT2D eigenvalue weighted by Gasteiger charge is -2.13. The summed E-state index contributed by atoms with van der Waals surface area (Å²) >= 11 is 2.63. The van der Waals surface area contributed by atoms with Gasteiger partial charge in [0, 0.05) is 4.90 Å². The second kappa shape index (κ2) is 8.47. The van der Waals surface area contributed by atoms with E-state index in [0.29, 0.717) is 4.91 Å². The minimum Gasteiger partial charge on any atom is -0.492 e. The van der Waals surface area contributed by atoms with Gasteiger partial charge in [-0.15, -0.1) is 11.8 Å². The molecule has 0 saturated carbocycles. The number of amides is 2. The number of thioether (sulfide) groups is 2. The molecule has 2 aromatic rings. The zero-order valence-corrected chi connectivity index (χ0v) is 16.2. The Hall–Kier alpha value is -2.18. The molecule has 1 aliphatic rings. The highest BCUT2D eigenvalue weighted by molar-refractivity contribution is 8.18. The quantitative estimate of drug-likeness (QED) is 0.526. The van der Waals surface area contributed by atoms with Gasteiger partial charge in [-0.1, -0.05) is 29.8 Å². The first-order valence-electron chi connectivity index (χ1n) is 8.16. The van der Waals surface area contributed by atoms with Crippen LogP contribution in [0.4, 0.5) is 4.79 Å². The molecule has 0 spiro atoms. The topological polar surface area (TPSA) is 46.6 Å². The Balaban J connectivity index is 1.60. The predicted octanol–water partition coefficient (Wildman–Crippen LogP) is 4.83. The molecule has 0 aromatic heterocycles. The van der Waals surface area contributed by atoms with E-state index in [0.717, 1.165) is 33.5 Å². The van der Waals surface area contributed by atoms with Crippen LogP contribution in [0.5, 0.6) is 5.75 Å². The molecule has 2 aromatic carbocycles. The fourth-order valence-electron chi connectivity index (χ4n) is 2.43. The van der Waals surface area contributed by atoms with Crippen molar-refractivity contribution >= 4 is 40.7 Å². The molecule has 6 heteroatoms. The number of carbonyl (C=O) groups excluding carboxylic acids is 2. The minimum atomic E-state index is -0.263. The van der Waals surface area contributed by atoms with Crippen molar-refractivity contribution in [3.05, 3.63) is 64.6 Å². The molecule has 3 rings (SSSR count). The largest absolute Gasteiger partial charge is 0.492 e. The molecule has 1 heterocycles. The van der Waals surface area contributed by atoms with Gasteiger partial charge in [-0.25, -0.2) is 0 Å². The van der Waals surface area contributed by atoms with Crippen molar-refractivity contribution < 1.29 is 14.3 Å². The van der Waals surface area contributed by atoms with E-state index in [1.54, 1.807) is 17.8 Å². The Labute approximate surface area is 161 Å². The maximum atomic E-state index is 12.5. The molecule has 1 aliphatic heterocycles. The summed E-state index contributed by atoms with van der Waals surface area (Å²) in [6.07, 6.45) is 3.77. The smallest absolute Gasteiger partial charge is 0.293 e. The molecule has 4 nitrogen and oxygen atoms in total. The first-order chi connectivity index (χ1) is 12.6. The van der Waals surface area contributed by atoms with Crippen LogP contribution in [0, 0.1) is 6.92 Å². The zero-order valence-electron chi connectivity index (χ0n) is 14.6. The fourth-order valence-corrected chi connectivity index (χ4v) is 3.71. The number of nitrogens with zero attached hydrogens (tertiary/aromatic N) is 1. The number of imide groups is 1. The van der Waals surface area contributed by atoms with Gasteiger partial charge in [0.25, 0.3) is 11.1 Å². The van der Waals surface area contributed by atoms with Crippen molar-refractivity contribution in [3.8, 4) is 5.75 Å².